The SMILES string of the molecule is O=C(C1=CCCC1)N1CCC2(CC1)C[C@H](Oc1cccnc1)CO2. The number of aromatic nitrogens is 1. The van der Waals surface area contributed by atoms with E-state index in [-0.39, 0.29) is 17.6 Å². The third kappa shape index (κ3) is 3.18. The molecule has 5 nitrogen and oxygen atoms in total. The fraction of sp³-hybridized carbons (Fsp3) is 0.579. The van der Waals surface area contributed by atoms with Crippen molar-refractivity contribution in [1.82, 2.24) is 9.88 Å². The van der Waals surface area contributed by atoms with Gasteiger partial charge in [-0.05, 0) is 44.2 Å². The first-order valence-corrected chi connectivity index (χ1v) is 8.93. The van der Waals surface area contributed by atoms with Gasteiger partial charge in [0.25, 0.3) is 0 Å². The zero-order valence-corrected chi connectivity index (χ0v) is 13.9. The summed E-state index contributed by atoms with van der Waals surface area (Å²) < 4.78 is 12.1. The van der Waals surface area contributed by atoms with Crippen LogP contribution in [0.1, 0.15) is 38.5 Å². The van der Waals surface area contributed by atoms with E-state index in [1.807, 2.05) is 17.0 Å². The van der Waals surface area contributed by atoms with Gasteiger partial charge in [0.15, 0.2) is 0 Å². The molecule has 4 rings (SSSR count). The number of carbonyl (C=O) groups is 1. The molecule has 1 amide bonds. The molecule has 1 spiro atoms. The molecular weight excluding hydrogens is 304 g/mol. The summed E-state index contributed by atoms with van der Waals surface area (Å²) in [5, 5.41) is 0. The van der Waals surface area contributed by atoms with E-state index in [2.05, 4.69) is 11.1 Å². The fourth-order valence-electron chi connectivity index (χ4n) is 4.02. The number of likely N-dealkylation sites (tertiary alicyclic amines) is 1. The lowest BCUT2D eigenvalue weighted by atomic mass is 9.87. The normalized spacial score (nSPS) is 25.8. The van der Waals surface area contributed by atoms with Gasteiger partial charge in [0, 0.05) is 31.3 Å². The van der Waals surface area contributed by atoms with Crippen LogP contribution < -0.4 is 4.74 Å². The Morgan fingerprint density at radius 1 is 1.38 bits per heavy atom. The fourth-order valence-corrected chi connectivity index (χ4v) is 4.02. The first kappa shape index (κ1) is 15.6. The molecule has 24 heavy (non-hydrogen) atoms. The van der Waals surface area contributed by atoms with Gasteiger partial charge in [0.05, 0.1) is 18.4 Å². The van der Waals surface area contributed by atoms with Crippen LogP contribution in [-0.2, 0) is 9.53 Å². The predicted molar refractivity (Wildman–Crippen MR) is 89.7 cm³/mol. The number of piperidine rings is 1. The maximum atomic E-state index is 12.5. The van der Waals surface area contributed by atoms with Crippen LogP contribution in [0.4, 0.5) is 0 Å². The van der Waals surface area contributed by atoms with Gasteiger partial charge in [-0.25, -0.2) is 0 Å². The van der Waals surface area contributed by atoms with Gasteiger partial charge in [-0.3, -0.25) is 9.78 Å². The molecule has 1 atom stereocenters. The Kier molecular flexibility index (Phi) is 4.27. The number of carbonyl (C=O) groups excluding carboxylic acids is 1. The van der Waals surface area contributed by atoms with Gasteiger partial charge in [-0.15, -0.1) is 0 Å². The quantitative estimate of drug-likeness (QED) is 0.856. The minimum atomic E-state index is -0.117. The van der Waals surface area contributed by atoms with Crippen molar-refractivity contribution in [3.05, 3.63) is 36.2 Å². The first-order valence-electron chi connectivity index (χ1n) is 8.93. The van der Waals surface area contributed by atoms with Gasteiger partial charge >= 0.3 is 0 Å². The topological polar surface area (TPSA) is 51.7 Å². The van der Waals surface area contributed by atoms with Crippen molar-refractivity contribution in [3.8, 4) is 5.75 Å². The number of nitrogens with zero attached hydrogens (tertiary/aromatic N) is 2. The summed E-state index contributed by atoms with van der Waals surface area (Å²) in [6, 6.07) is 3.80. The summed E-state index contributed by atoms with van der Waals surface area (Å²) in [7, 11) is 0. The minimum Gasteiger partial charge on any atom is -0.486 e. The number of ether oxygens (including phenoxy) is 2. The highest BCUT2D eigenvalue weighted by molar-refractivity contribution is 5.93. The molecule has 2 saturated heterocycles. The summed E-state index contributed by atoms with van der Waals surface area (Å²) in [6.45, 7) is 2.19. The van der Waals surface area contributed by atoms with Crippen molar-refractivity contribution in [2.45, 2.75) is 50.2 Å². The molecule has 0 saturated carbocycles. The lowest BCUT2D eigenvalue weighted by Crippen LogP contribution is -2.47. The summed E-state index contributed by atoms with van der Waals surface area (Å²) in [4.78, 5) is 18.6. The summed E-state index contributed by atoms with van der Waals surface area (Å²) in [5.74, 6) is 1.03. The third-order valence-corrected chi connectivity index (χ3v) is 5.39. The molecule has 128 valence electrons. The molecule has 1 aromatic heterocycles. The van der Waals surface area contributed by atoms with Gasteiger partial charge < -0.3 is 14.4 Å². The first-order chi connectivity index (χ1) is 11.7. The molecule has 0 bridgehead atoms. The molecule has 2 aliphatic heterocycles. The maximum Gasteiger partial charge on any atom is 0.249 e. The lowest BCUT2D eigenvalue weighted by molar-refractivity contribution is -0.132. The third-order valence-electron chi connectivity index (χ3n) is 5.39. The van der Waals surface area contributed by atoms with Crippen LogP contribution in [0, 0.1) is 0 Å². The number of amides is 1. The lowest BCUT2D eigenvalue weighted by Gasteiger charge is -2.38. The van der Waals surface area contributed by atoms with Crippen LogP contribution >= 0.6 is 0 Å². The Balaban J connectivity index is 1.31. The van der Waals surface area contributed by atoms with E-state index in [0.29, 0.717) is 6.61 Å². The van der Waals surface area contributed by atoms with Gasteiger partial charge in [0.1, 0.15) is 11.9 Å². The highest BCUT2D eigenvalue weighted by Gasteiger charge is 2.44. The largest absolute Gasteiger partial charge is 0.486 e. The predicted octanol–water partition coefficient (Wildman–Crippen LogP) is 2.72. The number of hydrogen-bond acceptors (Lipinski definition) is 4. The maximum absolute atomic E-state index is 12.5. The van der Waals surface area contributed by atoms with E-state index >= 15 is 0 Å². The smallest absolute Gasteiger partial charge is 0.249 e. The summed E-state index contributed by atoms with van der Waals surface area (Å²) >= 11 is 0. The molecule has 3 aliphatic rings. The molecule has 5 heteroatoms. The molecule has 1 aromatic rings. The van der Waals surface area contributed by atoms with Crippen LogP contribution in [0.5, 0.6) is 5.75 Å². The van der Waals surface area contributed by atoms with Crippen molar-refractivity contribution in [2.75, 3.05) is 19.7 Å². The van der Waals surface area contributed by atoms with Crippen LogP contribution in [0.3, 0.4) is 0 Å². The molecular formula is C19H24N2O3. The Morgan fingerprint density at radius 2 is 2.25 bits per heavy atom. The molecule has 1 aliphatic carbocycles. The molecule has 0 unspecified atom stereocenters. The molecule has 3 heterocycles. The van der Waals surface area contributed by atoms with Crippen molar-refractivity contribution in [2.24, 2.45) is 0 Å². The Bertz CT molecular complexity index is 621. The van der Waals surface area contributed by atoms with Crippen molar-refractivity contribution >= 4 is 5.91 Å². The number of allylic oxidation sites excluding steroid dienone is 1. The standard InChI is InChI=1S/C19H24N2O3/c22-18(15-4-1-2-5-15)21-10-7-19(8-11-21)12-17(14-23-19)24-16-6-3-9-20-13-16/h3-4,6,9,13,17H,1-2,5,7-8,10-12,14H2/t17-/m0/s1. The summed E-state index contributed by atoms with van der Waals surface area (Å²) in [5.41, 5.74) is 0.893. The number of pyridine rings is 1. The zero-order chi connectivity index (χ0) is 16.4. The van der Waals surface area contributed by atoms with E-state index in [9.17, 15) is 4.79 Å². The Morgan fingerprint density at radius 3 is 2.96 bits per heavy atom. The number of rotatable bonds is 3. The highest BCUT2D eigenvalue weighted by atomic mass is 16.6. The van der Waals surface area contributed by atoms with Crippen LogP contribution in [-0.4, -0.2) is 47.2 Å². The van der Waals surface area contributed by atoms with E-state index in [1.165, 1.54) is 0 Å². The average Bonchev–Trinajstić information content (AvgIpc) is 3.27. The second-order valence-corrected chi connectivity index (χ2v) is 7.04. The molecule has 0 radical (unpaired) electrons. The van der Waals surface area contributed by atoms with Gasteiger partial charge in [-0.1, -0.05) is 6.08 Å². The van der Waals surface area contributed by atoms with E-state index in [4.69, 9.17) is 9.47 Å². The number of hydrogen-bond donors (Lipinski definition) is 0. The zero-order valence-electron chi connectivity index (χ0n) is 13.9. The van der Waals surface area contributed by atoms with Crippen molar-refractivity contribution in [1.29, 1.82) is 0 Å². The van der Waals surface area contributed by atoms with Gasteiger partial charge in [0.2, 0.25) is 5.91 Å². The van der Waals surface area contributed by atoms with E-state index < -0.39 is 0 Å². The second-order valence-electron chi connectivity index (χ2n) is 7.04. The van der Waals surface area contributed by atoms with Crippen molar-refractivity contribution < 1.29 is 14.3 Å². The average molecular weight is 328 g/mol. The monoisotopic (exact) mass is 328 g/mol. The minimum absolute atomic E-state index is 0.0778. The van der Waals surface area contributed by atoms with Crippen LogP contribution in [0.15, 0.2) is 36.2 Å². The molecule has 0 N–H and O–H groups in total. The van der Waals surface area contributed by atoms with Crippen LogP contribution in [0.2, 0.25) is 0 Å². The second kappa shape index (κ2) is 6.55. The van der Waals surface area contributed by atoms with Gasteiger partial charge in [-0.2, -0.15) is 0 Å². The van der Waals surface area contributed by atoms with E-state index in [0.717, 1.165) is 62.9 Å². The highest BCUT2D eigenvalue weighted by Crippen LogP contribution is 2.37. The van der Waals surface area contributed by atoms with Crippen LogP contribution in [0.25, 0.3) is 0 Å². The Hall–Kier alpha value is -1.88. The van der Waals surface area contributed by atoms with E-state index in [1.54, 1.807) is 12.4 Å². The summed E-state index contributed by atoms with van der Waals surface area (Å²) in [6.07, 6.45) is 11.5. The molecule has 2 fully saturated rings. The van der Waals surface area contributed by atoms with Crippen molar-refractivity contribution in [3.63, 3.8) is 0 Å². The molecule has 0 aromatic carbocycles. The Labute approximate surface area is 142 Å².